The Kier molecular flexibility index (Phi) is 3.97. The van der Waals surface area contributed by atoms with Crippen LogP contribution in [-0.4, -0.2) is 6.04 Å². The van der Waals surface area contributed by atoms with Crippen LogP contribution in [0.2, 0.25) is 0 Å². The highest BCUT2D eigenvalue weighted by Gasteiger charge is 2.00. The Labute approximate surface area is 81.0 Å². The molecule has 0 saturated carbocycles. The topological polar surface area (TPSA) is 26.0 Å². The third kappa shape index (κ3) is 3.19. The second-order valence-electron chi connectivity index (χ2n) is 3.54. The minimum atomic E-state index is 0.312. The van der Waals surface area contributed by atoms with E-state index < -0.39 is 0 Å². The van der Waals surface area contributed by atoms with Crippen LogP contribution in [0.5, 0.6) is 0 Å². The first-order chi connectivity index (χ1) is 6.26. The van der Waals surface area contributed by atoms with Crippen molar-refractivity contribution < 1.29 is 0 Å². The zero-order valence-corrected chi connectivity index (χ0v) is 8.59. The van der Waals surface area contributed by atoms with Gasteiger partial charge in [-0.3, -0.25) is 0 Å². The van der Waals surface area contributed by atoms with Crippen LogP contribution in [0.3, 0.4) is 0 Å². The first-order valence-corrected chi connectivity index (χ1v) is 5.09. The maximum atomic E-state index is 5.88. The highest BCUT2D eigenvalue weighted by atomic mass is 14.6. The summed E-state index contributed by atoms with van der Waals surface area (Å²) in [7, 11) is 0. The zero-order valence-electron chi connectivity index (χ0n) is 8.59. The van der Waals surface area contributed by atoms with E-state index in [1.165, 1.54) is 11.1 Å². The minimum absolute atomic E-state index is 0.312. The van der Waals surface area contributed by atoms with Gasteiger partial charge in [0, 0.05) is 6.04 Å². The second-order valence-corrected chi connectivity index (χ2v) is 3.54. The van der Waals surface area contributed by atoms with Crippen LogP contribution >= 0.6 is 0 Å². The lowest BCUT2D eigenvalue weighted by molar-refractivity contribution is 0.646. The van der Waals surface area contributed by atoms with E-state index in [1.807, 2.05) is 0 Å². The van der Waals surface area contributed by atoms with Gasteiger partial charge in [-0.25, -0.2) is 0 Å². The van der Waals surface area contributed by atoms with E-state index in [0.29, 0.717) is 6.04 Å². The molecule has 1 heteroatoms. The Hall–Kier alpha value is -0.820. The lowest BCUT2D eigenvalue weighted by atomic mass is 10.0. The monoisotopic (exact) mass is 177 g/mol. The minimum Gasteiger partial charge on any atom is -0.327 e. The lowest BCUT2D eigenvalue weighted by Gasteiger charge is -2.08. The Morgan fingerprint density at radius 2 is 1.62 bits per heavy atom. The van der Waals surface area contributed by atoms with E-state index >= 15 is 0 Å². The highest BCUT2D eigenvalue weighted by molar-refractivity contribution is 5.23. The molecule has 0 aromatic heterocycles. The van der Waals surface area contributed by atoms with Gasteiger partial charge >= 0.3 is 0 Å². The van der Waals surface area contributed by atoms with Crippen molar-refractivity contribution in [3.8, 4) is 0 Å². The molecule has 1 atom stereocenters. The molecule has 0 aliphatic carbocycles. The van der Waals surface area contributed by atoms with Gasteiger partial charge in [-0.15, -0.1) is 0 Å². The number of hydrogen-bond donors (Lipinski definition) is 1. The number of nitrogens with two attached hydrogens (primary N) is 1. The van der Waals surface area contributed by atoms with Crippen molar-refractivity contribution in [2.24, 2.45) is 5.73 Å². The summed E-state index contributed by atoms with van der Waals surface area (Å²) in [5.41, 5.74) is 8.63. The van der Waals surface area contributed by atoms with Crippen LogP contribution in [0, 0.1) is 0 Å². The van der Waals surface area contributed by atoms with Crippen molar-refractivity contribution in [1.82, 2.24) is 0 Å². The van der Waals surface area contributed by atoms with Crippen LogP contribution in [0.4, 0.5) is 0 Å². The third-order valence-electron chi connectivity index (χ3n) is 2.45. The van der Waals surface area contributed by atoms with E-state index in [-0.39, 0.29) is 0 Å². The number of hydrogen-bond acceptors (Lipinski definition) is 1. The van der Waals surface area contributed by atoms with Crippen molar-refractivity contribution in [3.05, 3.63) is 35.4 Å². The van der Waals surface area contributed by atoms with E-state index in [4.69, 9.17) is 5.73 Å². The van der Waals surface area contributed by atoms with E-state index in [0.717, 1.165) is 19.3 Å². The molecule has 0 heterocycles. The quantitative estimate of drug-likeness (QED) is 0.751. The zero-order chi connectivity index (χ0) is 9.68. The average Bonchev–Trinajstić information content (AvgIpc) is 2.19. The summed E-state index contributed by atoms with van der Waals surface area (Å²) in [6, 6.07) is 9.07. The molecule has 1 aromatic rings. The lowest BCUT2D eigenvalue weighted by Crippen LogP contribution is -2.21. The first-order valence-electron chi connectivity index (χ1n) is 5.09. The first kappa shape index (κ1) is 10.3. The Balaban J connectivity index is 2.58. The Bertz CT molecular complexity index is 238. The summed E-state index contributed by atoms with van der Waals surface area (Å²) in [6.45, 7) is 4.30. The number of aryl methyl sites for hydroxylation is 1. The van der Waals surface area contributed by atoms with Gasteiger partial charge in [0.1, 0.15) is 0 Å². The van der Waals surface area contributed by atoms with E-state index in [9.17, 15) is 0 Å². The smallest absolute Gasteiger partial charge is 0.00766 e. The van der Waals surface area contributed by atoms with Gasteiger partial charge in [-0.05, 0) is 30.4 Å². The van der Waals surface area contributed by atoms with Crippen molar-refractivity contribution in [2.75, 3.05) is 0 Å². The SMILES string of the molecule is CCc1ccc(CC(N)CC)cc1. The number of benzene rings is 1. The van der Waals surface area contributed by atoms with Gasteiger partial charge in [-0.2, -0.15) is 0 Å². The summed E-state index contributed by atoms with van der Waals surface area (Å²) in [6.07, 6.45) is 3.16. The molecule has 0 bridgehead atoms. The maximum Gasteiger partial charge on any atom is 0.00766 e. The van der Waals surface area contributed by atoms with Crippen molar-refractivity contribution in [3.63, 3.8) is 0 Å². The molecule has 13 heavy (non-hydrogen) atoms. The molecule has 0 aliphatic rings. The molecule has 0 fully saturated rings. The molecular weight excluding hydrogens is 158 g/mol. The average molecular weight is 177 g/mol. The predicted octanol–water partition coefficient (Wildman–Crippen LogP) is 2.53. The maximum absolute atomic E-state index is 5.88. The second kappa shape index (κ2) is 5.03. The van der Waals surface area contributed by atoms with Crippen LogP contribution in [0.25, 0.3) is 0 Å². The van der Waals surface area contributed by atoms with Crippen molar-refractivity contribution in [2.45, 2.75) is 39.2 Å². The fourth-order valence-corrected chi connectivity index (χ4v) is 1.36. The number of rotatable bonds is 4. The largest absolute Gasteiger partial charge is 0.327 e. The van der Waals surface area contributed by atoms with Gasteiger partial charge in [-0.1, -0.05) is 38.1 Å². The fraction of sp³-hybridized carbons (Fsp3) is 0.500. The third-order valence-corrected chi connectivity index (χ3v) is 2.45. The van der Waals surface area contributed by atoms with E-state index in [2.05, 4.69) is 38.1 Å². The molecule has 1 rings (SSSR count). The Morgan fingerprint density at radius 1 is 1.08 bits per heavy atom. The van der Waals surface area contributed by atoms with Gasteiger partial charge in [0.15, 0.2) is 0 Å². The molecular formula is C12H19N. The van der Waals surface area contributed by atoms with Gasteiger partial charge in [0.05, 0.1) is 0 Å². The van der Waals surface area contributed by atoms with Crippen LogP contribution in [0.15, 0.2) is 24.3 Å². The summed E-state index contributed by atoms with van der Waals surface area (Å²) >= 11 is 0. The van der Waals surface area contributed by atoms with Gasteiger partial charge in [0.25, 0.3) is 0 Å². The molecule has 0 spiro atoms. The van der Waals surface area contributed by atoms with Gasteiger partial charge < -0.3 is 5.73 Å². The summed E-state index contributed by atoms with van der Waals surface area (Å²) < 4.78 is 0. The van der Waals surface area contributed by atoms with Crippen molar-refractivity contribution in [1.29, 1.82) is 0 Å². The Morgan fingerprint density at radius 3 is 2.08 bits per heavy atom. The van der Waals surface area contributed by atoms with Crippen LogP contribution in [0.1, 0.15) is 31.4 Å². The molecule has 72 valence electrons. The fourth-order valence-electron chi connectivity index (χ4n) is 1.36. The summed E-state index contributed by atoms with van der Waals surface area (Å²) in [4.78, 5) is 0. The van der Waals surface area contributed by atoms with Crippen LogP contribution in [-0.2, 0) is 12.8 Å². The molecule has 0 saturated heterocycles. The molecule has 2 N–H and O–H groups in total. The molecule has 1 unspecified atom stereocenters. The molecule has 1 aromatic carbocycles. The van der Waals surface area contributed by atoms with Crippen molar-refractivity contribution >= 4 is 0 Å². The normalized spacial score (nSPS) is 12.8. The molecule has 1 nitrogen and oxygen atoms in total. The van der Waals surface area contributed by atoms with Crippen LogP contribution < -0.4 is 5.73 Å². The van der Waals surface area contributed by atoms with Gasteiger partial charge in [0.2, 0.25) is 0 Å². The predicted molar refractivity (Wildman–Crippen MR) is 57.8 cm³/mol. The molecule has 0 radical (unpaired) electrons. The summed E-state index contributed by atoms with van der Waals surface area (Å²) in [5, 5.41) is 0. The summed E-state index contributed by atoms with van der Waals surface area (Å²) in [5.74, 6) is 0. The highest BCUT2D eigenvalue weighted by Crippen LogP contribution is 2.07. The molecule has 0 amide bonds. The molecule has 0 aliphatic heterocycles. The standard InChI is InChI=1S/C12H19N/c1-3-10-5-7-11(8-6-10)9-12(13)4-2/h5-8,12H,3-4,9,13H2,1-2H3. The van der Waals surface area contributed by atoms with E-state index in [1.54, 1.807) is 0 Å².